The molecule has 0 aliphatic carbocycles. The van der Waals surface area contributed by atoms with Crippen LogP contribution >= 0.6 is 27.5 Å². The van der Waals surface area contributed by atoms with Gasteiger partial charge in [0.2, 0.25) is 0 Å². The molecule has 1 N–H and O–H groups in total. The second-order valence-electron chi connectivity index (χ2n) is 4.11. The smallest absolute Gasteiger partial charge is 0.0503 e. The van der Waals surface area contributed by atoms with Gasteiger partial charge in [-0.2, -0.15) is 0 Å². The van der Waals surface area contributed by atoms with Gasteiger partial charge in [-0.15, -0.1) is 0 Å². The van der Waals surface area contributed by atoms with Gasteiger partial charge < -0.3 is 5.11 Å². The van der Waals surface area contributed by atoms with Crippen molar-refractivity contribution in [1.29, 1.82) is 0 Å². The molecule has 1 atom stereocenters. The summed E-state index contributed by atoms with van der Waals surface area (Å²) in [6.45, 7) is 0.0814. The number of aliphatic hydroxyl groups is 1. The zero-order chi connectivity index (χ0) is 13.0. The minimum absolute atomic E-state index is 0.0253. The van der Waals surface area contributed by atoms with Crippen LogP contribution in [0.15, 0.2) is 47.1 Å². The molecule has 1 unspecified atom stereocenters. The second-order valence-corrected chi connectivity index (χ2v) is 5.46. The average molecular weight is 327 g/mol. The van der Waals surface area contributed by atoms with Crippen molar-refractivity contribution in [3.8, 4) is 0 Å². The average Bonchev–Trinajstić information content (AvgIpc) is 2.38. The molecule has 1 aromatic carbocycles. The van der Waals surface area contributed by atoms with E-state index in [1.807, 2.05) is 36.4 Å². The van der Waals surface area contributed by atoms with Crippen LogP contribution in [-0.2, 0) is 6.42 Å². The zero-order valence-corrected chi connectivity index (χ0v) is 12.0. The standard InChI is InChI=1S/C14H13BrClNO/c15-12-4-5-14(17-8-12)7-11(9-18)10-2-1-3-13(16)6-10/h1-6,8,11,18H,7,9H2. The van der Waals surface area contributed by atoms with E-state index in [0.29, 0.717) is 11.4 Å². The summed E-state index contributed by atoms with van der Waals surface area (Å²) in [6, 6.07) is 11.5. The molecule has 4 heteroatoms. The fourth-order valence-electron chi connectivity index (χ4n) is 1.83. The maximum absolute atomic E-state index is 9.51. The predicted molar refractivity (Wildman–Crippen MR) is 76.9 cm³/mol. The van der Waals surface area contributed by atoms with Gasteiger partial charge in [0.25, 0.3) is 0 Å². The quantitative estimate of drug-likeness (QED) is 0.926. The molecular formula is C14H13BrClNO. The molecule has 0 aliphatic rings. The number of pyridine rings is 1. The summed E-state index contributed by atoms with van der Waals surface area (Å²) in [6.07, 6.45) is 2.46. The Balaban J connectivity index is 2.17. The Morgan fingerprint density at radius 1 is 1.28 bits per heavy atom. The fraction of sp³-hybridized carbons (Fsp3) is 0.214. The topological polar surface area (TPSA) is 33.1 Å². The highest BCUT2D eigenvalue weighted by molar-refractivity contribution is 9.10. The largest absolute Gasteiger partial charge is 0.396 e. The van der Waals surface area contributed by atoms with E-state index in [0.717, 1.165) is 15.7 Å². The van der Waals surface area contributed by atoms with Gasteiger partial charge in [0, 0.05) is 27.3 Å². The number of aliphatic hydroxyl groups excluding tert-OH is 1. The van der Waals surface area contributed by atoms with Crippen LogP contribution in [0.1, 0.15) is 17.2 Å². The number of rotatable bonds is 4. The summed E-state index contributed by atoms with van der Waals surface area (Å²) in [5.74, 6) is 0.0253. The van der Waals surface area contributed by atoms with Gasteiger partial charge >= 0.3 is 0 Å². The van der Waals surface area contributed by atoms with Crippen LogP contribution in [0.3, 0.4) is 0 Å². The molecule has 0 fully saturated rings. The van der Waals surface area contributed by atoms with Gasteiger partial charge in [-0.05, 0) is 52.2 Å². The number of halogens is 2. The van der Waals surface area contributed by atoms with Crippen molar-refractivity contribution in [3.05, 3.63) is 63.3 Å². The SMILES string of the molecule is OCC(Cc1ccc(Br)cn1)c1cccc(Cl)c1. The van der Waals surface area contributed by atoms with E-state index in [-0.39, 0.29) is 12.5 Å². The third-order valence-corrected chi connectivity index (χ3v) is 3.49. The van der Waals surface area contributed by atoms with E-state index < -0.39 is 0 Å². The van der Waals surface area contributed by atoms with E-state index in [9.17, 15) is 5.11 Å². The number of hydrogen-bond donors (Lipinski definition) is 1. The number of hydrogen-bond acceptors (Lipinski definition) is 2. The molecule has 0 aliphatic heterocycles. The fourth-order valence-corrected chi connectivity index (χ4v) is 2.26. The number of nitrogens with zero attached hydrogens (tertiary/aromatic N) is 1. The van der Waals surface area contributed by atoms with Crippen molar-refractivity contribution in [1.82, 2.24) is 4.98 Å². The molecule has 2 nitrogen and oxygen atoms in total. The van der Waals surface area contributed by atoms with Gasteiger partial charge in [-0.1, -0.05) is 23.7 Å². The molecule has 94 valence electrons. The molecule has 0 amide bonds. The van der Waals surface area contributed by atoms with Gasteiger partial charge in [-0.25, -0.2) is 0 Å². The summed E-state index contributed by atoms with van der Waals surface area (Å²) < 4.78 is 0.953. The van der Waals surface area contributed by atoms with Crippen LogP contribution in [0.2, 0.25) is 5.02 Å². The number of aromatic nitrogens is 1. The predicted octanol–water partition coefficient (Wildman–Crippen LogP) is 3.82. The second kappa shape index (κ2) is 6.32. The highest BCUT2D eigenvalue weighted by Gasteiger charge is 2.12. The Hall–Kier alpha value is -0.900. The summed E-state index contributed by atoms with van der Waals surface area (Å²) in [5.41, 5.74) is 1.99. The highest BCUT2D eigenvalue weighted by atomic mass is 79.9. The van der Waals surface area contributed by atoms with Crippen LogP contribution in [-0.4, -0.2) is 16.7 Å². The Morgan fingerprint density at radius 3 is 2.72 bits per heavy atom. The van der Waals surface area contributed by atoms with Crippen LogP contribution in [0.4, 0.5) is 0 Å². The molecule has 2 aromatic rings. The first-order chi connectivity index (χ1) is 8.69. The van der Waals surface area contributed by atoms with Crippen molar-refractivity contribution in [2.24, 2.45) is 0 Å². The summed E-state index contributed by atoms with van der Waals surface area (Å²) >= 11 is 9.32. The molecule has 0 bridgehead atoms. The van der Waals surface area contributed by atoms with Crippen molar-refractivity contribution in [2.75, 3.05) is 6.61 Å². The Morgan fingerprint density at radius 2 is 2.11 bits per heavy atom. The monoisotopic (exact) mass is 325 g/mol. The lowest BCUT2D eigenvalue weighted by atomic mass is 9.95. The molecule has 0 radical (unpaired) electrons. The third-order valence-electron chi connectivity index (χ3n) is 2.78. The van der Waals surface area contributed by atoms with E-state index in [1.54, 1.807) is 6.20 Å². The van der Waals surface area contributed by atoms with E-state index in [1.165, 1.54) is 0 Å². The molecule has 0 spiro atoms. The Bertz CT molecular complexity index is 515. The molecule has 0 saturated carbocycles. The zero-order valence-electron chi connectivity index (χ0n) is 9.68. The van der Waals surface area contributed by atoms with Crippen molar-refractivity contribution in [2.45, 2.75) is 12.3 Å². The first kappa shape index (κ1) is 13.5. The molecule has 18 heavy (non-hydrogen) atoms. The Kier molecular flexibility index (Phi) is 4.75. The van der Waals surface area contributed by atoms with Crippen LogP contribution in [0.5, 0.6) is 0 Å². The van der Waals surface area contributed by atoms with E-state index >= 15 is 0 Å². The van der Waals surface area contributed by atoms with Crippen LogP contribution in [0, 0.1) is 0 Å². The molecule has 1 aromatic heterocycles. The number of benzene rings is 1. The normalized spacial score (nSPS) is 12.4. The highest BCUT2D eigenvalue weighted by Crippen LogP contribution is 2.23. The lowest BCUT2D eigenvalue weighted by molar-refractivity contribution is 0.264. The van der Waals surface area contributed by atoms with E-state index in [2.05, 4.69) is 20.9 Å². The minimum atomic E-state index is 0.0253. The summed E-state index contributed by atoms with van der Waals surface area (Å²) in [4.78, 5) is 4.32. The van der Waals surface area contributed by atoms with E-state index in [4.69, 9.17) is 11.6 Å². The van der Waals surface area contributed by atoms with Crippen molar-refractivity contribution < 1.29 is 5.11 Å². The minimum Gasteiger partial charge on any atom is -0.396 e. The van der Waals surface area contributed by atoms with Gasteiger partial charge in [0.1, 0.15) is 0 Å². The molecule has 2 rings (SSSR count). The summed E-state index contributed by atoms with van der Waals surface area (Å²) in [7, 11) is 0. The first-order valence-corrected chi connectivity index (χ1v) is 6.83. The maximum atomic E-state index is 9.51. The van der Waals surface area contributed by atoms with Gasteiger partial charge in [0.05, 0.1) is 6.61 Å². The molecular weight excluding hydrogens is 314 g/mol. The third kappa shape index (κ3) is 3.55. The van der Waals surface area contributed by atoms with Gasteiger partial charge in [-0.3, -0.25) is 4.98 Å². The maximum Gasteiger partial charge on any atom is 0.0503 e. The lowest BCUT2D eigenvalue weighted by Crippen LogP contribution is -2.08. The van der Waals surface area contributed by atoms with Crippen molar-refractivity contribution >= 4 is 27.5 Å². The molecule has 0 saturated heterocycles. The first-order valence-electron chi connectivity index (χ1n) is 5.66. The van der Waals surface area contributed by atoms with Crippen LogP contribution in [0.25, 0.3) is 0 Å². The van der Waals surface area contributed by atoms with Gasteiger partial charge in [0.15, 0.2) is 0 Å². The lowest BCUT2D eigenvalue weighted by Gasteiger charge is -2.14. The molecule has 1 heterocycles. The Labute approximate surface area is 120 Å². The van der Waals surface area contributed by atoms with Crippen molar-refractivity contribution in [3.63, 3.8) is 0 Å². The van der Waals surface area contributed by atoms with Crippen LogP contribution < -0.4 is 0 Å². The summed E-state index contributed by atoms with van der Waals surface area (Å²) in [5, 5.41) is 10.2.